The van der Waals surface area contributed by atoms with Crippen molar-refractivity contribution in [2.75, 3.05) is 5.73 Å². The number of aryl methyl sites for hydroxylation is 1. The molecule has 3 rings (SSSR count). The van der Waals surface area contributed by atoms with Crippen molar-refractivity contribution in [1.29, 1.82) is 0 Å². The number of hydrogen-bond acceptors (Lipinski definition) is 7. The third-order valence-corrected chi connectivity index (χ3v) is 3.10. The average molecular weight is 298 g/mol. The van der Waals surface area contributed by atoms with Gasteiger partial charge in [0.25, 0.3) is 11.7 Å². The highest BCUT2D eigenvalue weighted by atomic mass is 16.1. The van der Waals surface area contributed by atoms with Crippen LogP contribution in [0.1, 0.15) is 28.7 Å². The summed E-state index contributed by atoms with van der Waals surface area (Å²) in [5, 5.41) is 6.69. The second-order valence-electron chi connectivity index (χ2n) is 4.58. The first-order valence-corrected chi connectivity index (χ1v) is 6.71. The zero-order chi connectivity index (χ0) is 15.5. The molecule has 3 N–H and O–H groups in total. The van der Waals surface area contributed by atoms with E-state index < -0.39 is 0 Å². The van der Waals surface area contributed by atoms with Crippen molar-refractivity contribution in [1.82, 2.24) is 34.9 Å². The van der Waals surface area contributed by atoms with Crippen LogP contribution in [0.15, 0.2) is 24.9 Å². The van der Waals surface area contributed by atoms with Crippen LogP contribution in [0.3, 0.4) is 0 Å². The topological polar surface area (TPSA) is 124 Å². The fraction of sp³-hybridized carbons (Fsp3) is 0.231. The molecule has 0 radical (unpaired) electrons. The summed E-state index contributed by atoms with van der Waals surface area (Å²) in [4.78, 5) is 28.4. The number of amides is 1. The van der Waals surface area contributed by atoms with Gasteiger partial charge >= 0.3 is 0 Å². The molecule has 3 aromatic heterocycles. The Hall–Kier alpha value is -3.10. The van der Waals surface area contributed by atoms with Crippen molar-refractivity contribution in [3.63, 3.8) is 0 Å². The number of aromatic nitrogens is 6. The highest BCUT2D eigenvalue weighted by Crippen LogP contribution is 2.08. The maximum absolute atomic E-state index is 12.1. The lowest BCUT2D eigenvalue weighted by atomic mass is 10.2. The molecular weight excluding hydrogens is 284 g/mol. The van der Waals surface area contributed by atoms with Crippen LogP contribution < -0.4 is 11.1 Å². The van der Waals surface area contributed by atoms with Gasteiger partial charge in [-0.1, -0.05) is 6.92 Å². The van der Waals surface area contributed by atoms with Crippen molar-refractivity contribution in [3.05, 3.63) is 41.9 Å². The fourth-order valence-electron chi connectivity index (χ4n) is 1.88. The van der Waals surface area contributed by atoms with E-state index in [4.69, 9.17) is 5.73 Å². The second kappa shape index (κ2) is 5.72. The first-order valence-electron chi connectivity index (χ1n) is 6.71. The highest BCUT2D eigenvalue weighted by Gasteiger charge is 2.10. The summed E-state index contributed by atoms with van der Waals surface area (Å²) in [5.41, 5.74) is 6.89. The van der Waals surface area contributed by atoms with Crippen LogP contribution >= 0.6 is 0 Å². The zero-order valence-electron chi connectivity index (χ0n) is 11.9. The van der Waals surface area contributed by atoms with Crippen LogP contribution in [-0.2, 0) is 13.0 Å². The van der Waals surface area contributed by atoms with Crippen molar-refractivity contribution in [2.24, 2.45) is 0 Å². The van der Waals surface area contributed by atoms with Crippen molar-refractivity contribution in [3.8, 4) is 0 Å². The van der Waals surface area contributed by atoms with E-state index in [0.717, 1.165) is 0 Å². The second-order valence-corrected chi connectivity index (χ2v) is 4.58. The number of nitrogens with two attached hydrogens (primary N) is 1. The molecule has 112 valence electrons. The Morgan fingerprint density at radius 1 is 1.32 bits per heavy atom. The standard InChI is InChI=1S/C13H14N8O/c1-2-10-15-3-8(11(14)20-10)4-16-12(22)9-5-17-13-18-7-19-21(13)6-9/h3,5-7H,2,4H2,1H3,(H,16,22)(H2,14,15,20). The van der Waals surface area contributed by atoms with Crippen LogP contribution in [0.25, 0.3) is 5.78 Å². The molecule has 0 aromatic carbocycles. The Morgan fingerprint density at radius 2 is 2.18 bits per heavy atom. The third kappa shape index (κ3) is 2.68. The van der Waals surface area contributed by atoms with E-state index in [1.165, 1.54) is 17.0 Å². The third-order valence-electron chi connectivity index (χ3n) is 3.10. The van der Waals surface area contributed by atoms with Gasteiger partial charge in [-0.25, -0.2) is 19.5 Å². The van der Waals surface area contributed by atoms with Gasteiger partial charge in [-0.05, 0) is 0 Å². The number of nitrogens with zero attached hydrogens (tertiary/aromatic N) is 6. The molecule has 3 aromatic rings. The van der Waals surface area contributed by atoms with Gasteiger partial charge in [-0.2, -0.15) is 10.1 Å². The summed E-state index contributed by atoms with van der Waals surface area (Å²) in [5.74, 6) is 1.19. The van der Waals surface area contributed by atoms with Crippen LogP contribution in [0, 0.1) is 0 Å². The van der Waals surface area contributed by atoms with Gasteiger partial charge in [0.15, 0.2) is 0 Å². The largest absolute Gasteiger partial charge is 0.383 e. The quantitative estimate of drug-likeness (QED) is 0.694. The van der Waals surface area contributed by atoms with Gasteiger partial charge < -0.3 is 11.1 Å². The van der Waals surface area contributed by atoms with Crippen molar-refractivity contribution >= 4 is 17.5 Å². The predicted octanol–water partition coefficient (Wildman–Crippen LogP) is -0.0111. The average Bonchev–Trinajstić information content (AvgIpc) is 3.00. The molecule has 0 fully saturated rings. The number of carbonyl (C=O) groups excluding carboxylic acids is 1. The predicted molar refractivity (Wildman–Crippen MR) is 77.8 cm³/mol. The molecule has 0 saturated heterocycles. The number of carbonyl (C=O) groups is 1. The molecule has 0 aliphatic carbocycles. The van der Waals surface area contributed by atoms with E-state index in [0.29, 0.717) is 35.0 Å². The van der Waals surface area contributed by atoms with Gasteiger partial charge in [-0.15, -0.1) is 0 Å². The smallest absolute Gasteiger partial charge is 0.254 e. The highest BCUT2D eigenvalue weighted by molar-refractivity contribution is 5.93. The fourth-order valence-corrected chi connectivity index (χ4v) is 1.88. The number of nitrogen functional groups attached to an aromatic ring is 1. The first kappa shape index (κ1) is 13.9. The SMILES string of the molecule is CCc1ncc(CNC(=O)c2cnc3ncnn3c2)c(N)n1. The number of anilines is 1. The minimum absolute atomic E-state index is 0.240. The summed E-state index contributed by atoms with van der Waals surface area (Å²) >= 11 is 0. The van der Waals surface area contributed by atoms with Crippen LogP contribution in [0.4, 0.5) is 5.82 Å². The lowest BCUT2D eigenvalue weighted by Gasteiger charge is -2.08. The summed E-state index contributed by atoms with van der Waals surface area (Å²) in [6.45, 7) is 2.19. The number of fused-ring (bicyclic) bond motifs is 1. The Kier molecular flexibility index (Phi) is 3.60. The first-order chi connectivity index (χ1) is 10.7. The molecule has 1 amide bonds. The summed E-state index contributed by atoms with van der Waals surface area (Å²) in [6.07, 6.45) is 6.71. The van der Waals surface area contributed by atoms with E-state index in [1.54, 1.807) is 12.4 Å². The van der Waals surface area contributed by atoms with Gasteiger partial charge in [0.2, 0.25) is 0 Å². The van der Waals surface area contributed by atoms with E-state index in [9.17, 15) is 4.79 Å². The van der Waals surface area contributed by atoms with E-state index in [2.05, 4.69) is 30.4 Å². The summed E-state index contributed by atoms with van der Waals surface area (Å²) in [7, 11) is 0. The Labute approximate surface area is 125 Å². The molecule has 0 saturated carbocycles. The van der Waals surface area contributed by atoms with E-state index >= 15 is 0 Å². The van der Waals surface area contributed by atoms with Gasteiger partial charge in [0, 0.05) is 37.1 Å². The Morgan fingerprint density at radius 3 is 2.95 bits per heavy atom. The van der Waals surface area contributed by atoms with Crippen molar-refractivity contribution < 1.29 is 4.79 Å². The van der Waals surface area contributed by atoms with Gasteiger partial charge in [-0.3, -0.25) is 4.79 Å². The number of hydrogen-bond donors (Lipinski definition) is 2. The van der Waals surface area contributed by atoms with Crippen molar-refractivity contribution in [2.45, 2.75) is 19.9 Å². The molecule has 0 aliphatic heterocycles. The molecular formula is C13H14N8O. The normalized spacial score (nSPS) is 10.8. The molecule has 0 bridgehead atoms. The molecule has 0 aliphatic rings. The Bertz CT molecular complexity index is 828. The Balaban J connectivity index is 1.71. The monoisotopic (exact) mass is 298 g/mol. The van der Waals surface area contributed by atoms with Gasteiger partial charge in [0.1, 0.15) is 18.0 Å². The van der Waals surface area contributed by atoms with E-state index in [-0.39, 0.29) is 12.5 Å². The summed E-state index contributed by atoms with van der Waals surface area (Å²) < 4.78 is 1.43. The van der Waals surface area contributed by atoms with Crippen LogP contribution in [0.2, 0.25) is 0 Å². The summed E-state index contributed by atoms with van der Waals surface area (Å²) in [6, 6.07) is 0. The van der Waals surface area contributed by atoms with Gasteiger partial charge in [0.05, 0.1) is 5.56 Å². The maximum Gasteiger partial charge on any atom is 0.254 e. The number of rotatable bonds is 4. The minimum atomic E-state index is -0.288. The van der Waals surface area contributed by atoms with Crippen LogP contribution in [0.5, 0.6) is 0 Å². The molecule has 3 heterocycles. The molecule has 0 unspecified atom stereocenters. The molecule has 0 atom stereocenters. The van der Waals surface area contributed by atoms with Crippen LogP contribution in [-0.4, -0.2) is 35.5 Å². The minimum Gasteiger partial charge on any atom is -0.383 e. The molecule has 22 heavy (non-hydrogen) atoms. The lowest BCUT2D eigenvalue weighted by molar-refractivity contribution is 0.0950. The zero-order valence-corrected chi connectivity index (χ0v) is 11.9. The molecule has 9 nitrogen and oxygen atoms in total. The molecule has 9 heteroatoms. The molecule has 0 spiro atoms. The number of nitrogens with one attached hydrogen (secondary N) is 1. The lowest BCUT2D eigenvalue weighted by Crippen LogP contribution is -2.24. The van der Waals surface area contributed by atoms with E-state index in [1.807, 2.05) is 6.92 Å². The maximum atomic E-state index is 12.1.